The number of carbonyl (C=O) groups excluding carboxylic acids is 1. The number of hydrogen-bond donors (Lipinski definition) is 1. The van der Waals surface area contributed by atoms with Gasteiger partial charge in [0.1, 0.15) is 13.2 Å². The van der Waals surface area contributed by atoms with Gasteiger partial charge >= 0.3 is 12.1 Å². The summed E-state index contributed by atoms with van der Waals surface area (Å²) in [6, 6.07) is 8.00. The zero-order valence-electron chi connectivity index (χ0n) is 17.0. The monoisotopic (exact) mass is 450 g/mol. The molecule has 32 heavy (non-hydrogen) atoms. The van der Waals surface area contributed by atoms with Crippen molar-refractivity contribution < 1.29 is 32.6 Å². The van der Waals surface area contributed by atoms with Crippen molar-refractivity contribution in [3.05, 3.63) is 58.0 Å². The molecule has 4 rings (SSSR count). The first-order valence-electron chi connectivity index (χ1n) is 10.1. The Hall–Kier alpha value is -3.14. The lowest BCUT2D eigenvalue weighted by Gasteiger charge is -2.42. The minimum absolute atomic E-state index is 0.0131. The molecule has 1 amide bonds. The van der Waals surface area contributed by atoms with Gasteiger partial charge in [-0.1, -0.05) is 12.1 Å². The van der Waals surface area contributed by atoms with E-state index in [1.807, 2.05) is 0 Å². The van der Waals surface area contributed by atoms with Crippen LogP contribution in [0.25, 0.3) is 11.1 Å². The number of amides is 1. The SMILES string of the molecule is O=C(O)COCC(=O)N1CC2CC(C1)c1ccc(-c3cccc(C(F)(F)F)c3)c(=O)n1C2. The number of ether oxygens (including phenoxy) is 1. The summed E-state index contributed by atoms with van der Waals surface area (Å²) in [5.41, 5.74) is -0.00153. The average molecular weight is 450 g/mol. The van der Waals surface area contributed by atoms with Crippen molar-refractivity contribution in [2.24, 2.45) is 5.92 Å². The number of rotatable bonds is 5. The summed E-state index contributed by atoms with van der Waals surface area (Å²) in [4.78, 5) is 37.7. The number of hydrogen-bond acceptors (Lipinski definition) is 4. The lowest BCUT2D eigenvalue weighted by molar-refractivity contribution is -0.147. The van der Waals surface area contributed by atoms with Crippen LogP contribution in [-0.2, 0) is 27.0 Å². The number of carbonyl (C=O) groups is 2. The minimum Gasteiger partial charge on any atom is -0.480 e. The second-order valence-corrected chi connectivity index (χ2v) is 8.15. The van der Waals surface area contributed by atoms with E-state index in [1.54, 1.807) is 21.6 Å². The normalized spacial score (nSPS) is 20.0. The molecule has 10 heteroatoms. The molecule has 1 N–H and O–H groups in total. The Labute approximate surface area is 181 Å². The van der Waals surface area contributed by atoms with Gasteiger partial charge in [0.15, 0.2) is 0 Å². The number of carboxylic acids is 1. The van der Waals surface area contributed by atoms with Crippen LogP contribution >= 0.6 is 0 Å². The third kappa shape index (κ3) is 4.40. The molecule has 7 nitrogen and oxygen atoms in total. The number of aliphatic carboxylic acids is 1. The highest BCUT2D eigenvalue weighted by atomic mass is 19.4. The molecule has 2 unspecified atom stereocenters. The number of likely N-dealkylation sites (tertiary alicyclic amines) is 1. The van der Waals surface area contributed by atoms with Crippen LogP contribution < -0.4 is 5.56 Å². The Morgan fingerprint density at radius 3 is 2.59 bits per heavy atom. The third-order valence-corrected chi connectivity index (χ3v) is 5.91. The van der Waals surface area contributed by atoms with Crippen LogP contribution in [0.2, 0.25) is 0 Å². The number of nitrogens with zero attached hydrogens (tertiary/aromatic N) is 2. The van der Waals surface area contributed by atoms with Gasteiger partial charge < -0.3 is 19.3 Å². The summed E-state index contributed by atoms with van der Waals surface area (Å²) in [6.45, 7) is 0.257. The Bertz CT molecular complexity index is 1110. The van der Waals surface area contributed by atoms with E-state index in [0.29, 0.717) is 19.6 Å². The highest BCUT2D eigenvalue weighted by Crippen LogP contribution is 2.36. The second-order valence-electron chi connectivity index (χ2n) is 8.15. The molecule has 2 atom stereocenters. The molecule has 0 spiro atoms. The van der Waals surface area contributed by atoms with Gasteiger partial charge in [0.2, 0.25) is 5.91 Å². The first kappa shape index (κ1) is 22.1. The van der Waals surface area contributed by atoms with E-state index in [9.17, 15) is 27.6 Å². The van der Waals surface area contributed by atoms with Crippen molar-refractivity contribution in [2.45, 2.75) is 25.1 Å². The molecule has 2 bridgehead atoms. The van der Waals surface area contributed by atoms with Crippen molar-refractivity contribution in [1.82, 2.24) is 9.47 Å². The fraction of sp³-hybridized carbons (Fsp3) is 0.409. The maximum absolute atomic E-state index is 13.2. The van der Waals surface area contributed by atoms with Crippen molar-refractivity contribution in [1.29, 1.82) is 0 Å². The summed E-state index contributed by atoms with van der Waals surface area (Å²) < 4.78 is 45.7. The van der Waals surface area contributed by atoms with Crippen molar-refractivity contribution >= 4 is 11.9 Å². The first-order valence-corrected chi connectivity index (χ1v) is 10.1. The summed E-state index contributed by atoms with van der Waals surface area (Å²) in [7, 11) is 0. The molecule has 2 aliphatic heterocycles. The quantitative estimate of drug-likeness (QED) is 0.757. The maximum atomic E-state index is 13.2. The van der Waals surface area contributed by atoms with Crippen LogP contribution in [0, 0.1) is 5.92 Å². The standard InChI is InChI=1S/C22H21F3N2O5/c23-22(24,25)16-3-1-2-14(7-16)17-4-5-18-15-6-13(9-27(18)21(17)31)8-26(10-15)19(28)11-32-12-20(29)30/h1-5,7,13,15H,6,8-12H2,(H,29,30). The largest absolute Gasteiger partial charge is 0.480 e. The van der Waals surface area contributed by atoms with Gasteiger partial charge in [-0.15, -0.1) is 0 Å². The van der Waals surface area contributed by atoms with Gasteiger partial charge in [-0.3, -0.25) is 9.59 Å². The van der Waals surface area contributed by atoms with E-state index in [4.69, 9.17) is 9.84 Å². The van der Waals surface area contributed by atoms with Crippen LogP contribution in [-0.4, -0.2) is 52.8 Å². The van der Waals surface area contributed by atoms with Gasteiger partial charge in [0.05, 0.1) is 5.56 Å². The molecular formula is C22H21F3N2O5. The van der Waals surface area contributed by atoms with E-state index in [1.165, 1.54) is 12.1 Å². The van der Waals surface area contributed by atoms with Crippen LogP contribution in [0.1, 0.15) is 23.6 Å². The van der Waals surface area contributed by atoms with Crippen LogP contribution in [0.15, 0.2) is 41.2 Å². The third-order valence-electron chi connectivity index (χ3n) is 5.91. The van der Waals surface area contributed by atoms with Gasteiger partial charge in [0, 0.05) is 36.8 Å². The molecule has 1 fully saturated rings. The Morgan fingerprint density at radius 1 is 1.09 bits per heavy atom. The Morgan fingerprint density at radius 2 is 1.88 bits per heavy atom. The number of fused-ring (bicyclic) bond motifs is 4. The van der Waals surface area contributed by atoms with Crippen molar-refractivity contribution in [2.75, 3.05) is 26.3 Å². The van der Waals surface area contributed by atoms with E-state index in [-0.39, 0.29) is 41.0 Å². The number of pyridine rings is 1. The summed E-state index contributed by atoms with van der Waals surface area (Å²) in [5.74, 6) is -1.54. The first-order chi connectivity index (χ1) is 15.1. The Kier molecular flexibility index (Phi) is 5.81. The maximum Gasteiger partial charge on any atom is 0.416 e. The number of carboxylic acid groups (broad SMARTS) is 1. The van der Waals surface area contributed by atoms with Crippen molar-refractivity contribution in [3.8, 4) is 11.1 Å². The summed E-state index contributed by atoms with van der Waals surface area (Å²) in [6.07, 6.45) is -3.70. The molecule has 1 aromatic carbocycles. The second kappa shape index (κ2) is 8.42. The molecule has 0 aliphatic carbocycles. The fourth-order valence-electron chi connectivity index (χ4n) is 4.55. The fourth-order valence-corrected chi connectivity index (χ4v) is 4.55. The summed E-state index contributed by atoms with van der Waals surface area (Å²) >= 11 is 0. The number of benzene rings is 1. The number of halogens is 3. The predicted octanol–water partition coefficient (Wildman–Crippen LogP) is 2.58. The molecule has 1 aromatic heterocycles. The van der Waals surface area contributed by atoms with E-state index in [0.717, 1.165) is 24.2 Å². The van der Waals surface area contributed by atoms with Gasteiger partial charge in [0.25, 0.3) is 5.56 Å². The smallest absolute Gasteiger partial charge is 0.416 e. The minimum atomic E-state index is -4.50. The zero-order chi connectivity index (χ0) is 23.0. The lowest BCUT2D eigenvalue weighted by atomic mass is 9.82. The lowest BCUT2D eigenvalue weighted by Crippen LogP contribution is -2.50. The van der Waals surface area contributed by atoms with Crippen LogP contribution in [0.4, 0.5) is 13.2 Å². The predicted molar refractivity (Wildman–Crippen MR) is 107 cm³/mol. The molecule has 0 radical (unpaired) electrons. The molecule has 1 saturated heterocycles. The molecular weight excluding hydrogens is 429 g/mol. The van der Waals surface area contributed by atoms with Crippen LogP contribution in [0.3, 0.4) is 0 Å². The number of alkyl halides is 3. The van der Waals surface area contributed by atoms with Gasteiger partial charge in [-0.2, -0.15) is 13.2 Å². The molecule has 170 valence electrons. The molecule has 2 aromatic rings. The molecule has 2 aliphatic rings. The highest BCUT2D eigenvalue weighted by molar-refractivity contribution is 5.78. The Balaban J connectivity index is 1.57. The highest BCUT2D eigenvalue weighted by Gasteiger charge is 2.37. The molecule has 0 saturated carbocycles. The van der Waals surface area contributed by atoms with Gasteiger partial charge in [-0.05, 0) is 42.2 Å². The van der Waals surface area contributed by atoms with E-state index >= 15 is 0 Å². The average Bonchev–Trinajstić information content (AvgIpc) is 2.73. The summed E-state index contributed by atoms with van der Waals surface area (Å²) in [5, 5.41) is 8.62. The number of piperidine rings is 1. The zero-order valence-corrected chi connectivity index (χ0v) is 17.0. The van der Waals surface area contributed by atoms with E-state index < -0.39 is 24.3 Å². The molecule has 3 heterocycles. The van der Waals surface area contributed by atoms with Crippen LogP contribution in [0.5, 0.6) is 0 Å². The number of aromatic nitrogens is 1. The van der Waals surface area contributed by atoms with Gasteiger partial charge in [-0.25, -0.2) is 4.79 Å². The van der Waals surface area contributed by atoms with E-state index in [2.05, 4.69) is 0 Å². The van der Waals surface area contributed by atoms with Crippen molar-refractivity contribution in [3.63, 3.8) is 0 Å². The topological polar surface area (TPSA) is 88.8 Å².